The molecule has 0 bridgehead atoms. The number of hydrogen-bond acceptors (Lipinski definition) is 4. The second kappa shape index (κ2) is 9.91. The van der Waals surface area contributed by atoms with Gasteiger partial charge in [-0.05, 0) is 61.7 Å². The van der Waals surface area contributed by atoms with E-state index < -0.39 is 11.9 Å². The third-order valence-electron chi connectivity index (χ3n) is 5.15. The lowest BCUT2D eigenvalue weighted by molar-refractivity contribution is -0.119. The summed E-state index contributed by atoms with van der Waals surface area (Å²) in [6, 6.07) is 13.7. The highest BCUT2D eigenvalue weighted by atomic mass is 16.2. The number of nitrogens with one attached hydrogen (secondary N) is 2. The van der Waals surface area contributed by atoms with Gasteiger partial charge < -0.3 is 21.3 Å². The van der Waals surface area contributed by atoms with E-state index in [1.165, 1.54) is 0 Å². The van der Waals surface area contributed by atoms with Crippen molar-refractivity contribution >= 4 is 34.8 Å². The molecule has 30 heavy (non-hydrogen) atoms. The second-order valence-corrected chi connectivity index (χ2v) is 7.47. The van der Waals surface area contributed by atoms with Crippen LogP contribution in [0.15, 0.2) is 48.5 Å². The van der Waals surface area contributed by atoms with Gasteiger partial charge in [-0.15, -0.1) is 0 Å². The Hall–Kier alpha value is -3.35. The van der Waals surface area contributed by atoms with Gasteiger partial charge in [0.25, 0.3) is 0 Å². The highest BCUT2D eigenvalue weighted by molar-refractivity contribution is 5.98. The van der Waals surface area contributed by atoms with Gasteiger partial charge in [0, 0.05) is 35.6 Å². The summed E-state index contributed by atoms with van der Waals surface area (Å²) in [7, 11) is 0. The van der Waals surface area contributed by atoms with E-state index in [0.29, 0.717) is 29.8 Å². The van der Waals surface area contributed by atoms with E-state index in [1.807, 2.05) is 31.2 Å². The van der Waals surface area contributed by atoms with Crippen molar-refractivity contribution in [1.82, 2.24) is 0 Å². The topological polar surface area (TPSA) is 105 Å². The van der Waals surface area contributed by atoms with E-state index in [0.717, 1.165) is 31.5 Å². The average Bonchev–Trinajstić information content (AvgIpc) is 2.74. The molecule has 2 aromatic rings. The van der Waals surface area contributed by atoms with Gasteiger partial charge in [-0.2, -0.15) is 0 Å². The van der Waals surface area contributed by atoms with Crippen molar-refractivity contribution in [1.29, 1.82) is 0 Å². The molecule has 1 aliphatic heterocycles. The molecule has 0 aromatic heterocycles. The van der Waals surface area contributed by atoms with Crippen LogP contribution in [-0.2, 0) is 9.59 Å². The molecule has 0 saturated carbocycles. The molecule has 1 atom stereocenters. The van der Waals surface area contributed by atoms with Gasteiger partial charge >= 0.3 is 0 Å². The maximum atomic E-state index is 12.8. The molecule has 3 amide bonds. The molecule has 1 saturated heterocycles. The second-order valence-electron chi connectivity index (χ2n) is 7.47. The number of hydrogen-bond donors (Lipinski definition) is 3. The number of amides is 3. The van der Waals surface area contributed by atoms with Crippen molar-refractivity contribution in [2.45, 2.75) is 45.1 Å². The molecule has 1 fully saturated rings. The number of piperidine rings is 1. The van der Waals surface area contributed by atoms with Crippen molar-refractivity contribution in [2.24, 2.45) is 5.73 Å². The van der Waals surface area contributed by atoms with Crippen LogP contribution >= 0.6 is 0 Å². The van der Waals surface area contributed by atoms with Crippen LogP contribution in [0.5, 0.6) is 0 Å². The average molecular weight is 409 g/mol. The standard InChI is InChI=1S/C23H28N4O3/c1-2-6-20(25-18-8-5-7-16(15-18)22(24)29)23(30)26-17-10-12-19(13-11-17)27-14-4-3-9-21(27)28/h5,7-8,10-13,15,20,25H,2-4,6,9,14H2,1H3,(H2,24,29)(H,26,30). The van der Waals surface area contributed by atoms with Gasteiger partial charge in [0.2, 0.25) is 17.7 Å². The lowest BCUT2D eigenvalue weighted by Crippen LogP contribution is -2.35. The van der Waals surface area contributed by atoms with E-state index in [1.54, 1.807) is 29.2 Å². The first-order valence-electron chi connectivity index (χ1n) is 10.4. The summed E-state index contributed by atoms with van der Waals surface area (Å²) >= 11 is 0. The Balaban J connectivity index is 1.66. The zero-order chi connectivity index (χ0) is 21.5. The summed E-state index contributed by atoms with van der Waals surface area (Å²) in [5.74, 6) is -0.533. The summed E-state index contributed by atoms with van der Waals surface area (Å²) in [5, 5.41) is 6.12. The number of nitrogens with zero attached hydrogens (tertiary/aromatic N) is 1. The van der Waals surface area contributed by atoms with Crippen LogP contribution in [0.3, 0.4) is 0 Å². The summed E-state index contributed by atoms with van der Waals surface area (Å²) in [6.07, 6.45) is 3.98. The smallest absolute Gasteiger partial charge is 0.248 e. The van der Waals surface area contributed by atoms with Gasteiger partial charge in [0.15, 0.2) is 0 Å². The molecule has 1 unspecified atom stereocenters. The van der Waals surface area contributed by atoms with Crippen LogP contribution in [0.4, 0.5) is 17.1 Å². The fraction of sp³-hybridized carbons (Fsp3) is 0.348. The van der Waals surface area contributed by atoms with E-state index in [2.05, 4.69) is 10.6 Å². The Kier molecular flexibility index (Phi) is 7.06. The van der Waals surface area contributed by atoms with E-state index in [4.69, 9.17) is 5.73 Å². The van der Waals surface area contributed by atoms with Crippen LogP contribution in [0.25, 0.3) is 0 Å². The van der Waals surface area contributed by atoms with Crippen LogP contribution in [0.2, 0.25) is 0 Å². The molecular formula is C23H28N4O3. The lowest BCUT2D eigenvalue weighted by atomic mass is 10.1. The van der Waals surface area contributed by atoms with Crippen molar-refractivity contribution < 1.29 is 14.4 Å². The van der Waals surface area contributed by atoms with E-state index >= 15 is 0 Å². The fourth-order valence-corrected chi connectivity index (χ4v) is 3.55. The fourth-order valence-electron chi connectivity index (χ4n) is 3.55. The number of primary amides is 1. The third kappa shape index (κ3) is 5.37. The monoisotopic (exact) mass is 408 g/mol. The molecule has 0 spiro atoms. The molecule has 1 heterocycles. The summed E-state index contributed by atoms with van der Waals surface area (Å²) in [4.78, 5) is 38.1. The van der Waals surface area contributed by atoms with Crippen molar-refractivity contribution in [3.05, 3.63) is 54.1 Å². The zero-order valence-electron chi connectivity index (χ0n) is 17.2. The number of rotatable bonds is 8. The van der Waals surface area contributed by atoms with Crippen LogP contribution in [0.1, 0.15) is 49.4 Å². The Morgan fingerprint density at radius 3 is 2.53 bits per heavy atom. The third-order valence-corrected chi connectivity index (χ3v) is 5.15. The Morgan fingerprint density at radius 1 is 1.10 bits per heavy atom. The minimum Gasteiger partial charge on any atom is -0.374 e. The quantitative estimate of drug-likeness (QED) is 0.621. The van der Waals surface area contributed by atoms with Crippen molar-refractivity contribution in [3.8, 4) is 0 Å². The zero-order valence-corrected chi connectivity index (χ0v) is 17.2. The summed E-state index contributed by atoms with van der Waals surface area (Å²) < 4.78 is 0. The van der Waals surface area contributed by atoms with Gasteiger partial charge in [0.1, 0.15) is 6.04 Å². The highest BCUT2D eigenvalue weighted by Crippen LogP contribution is 2.23. The molecule has 1 aliphatic rings. The first-order valence-corrected chi connectivity index (χ1v) is 10.4. The Bertz CT molecular complexity index is 911. The number of benzene rings is 2. The summed E-state index contributed by atoms with van der Waals surface area (Å²) in [6.45, 7) is 2.74. The molecule has 7 heteroatoms. The molecule has 3 rings (SSSR count). The molecular weight excluding hydrogens is 380 g/mol. The van der Waals surface area contributed by atoms with Crippen molar-refractivity contribution in [2.75, 3.05) is 22.1 Å². The minimum atomic E-state index is -0.512. The first kappa shape index (κ1) is 21.4. The van der Waals surface area contributed by atoms with Gasteiger partial charge in [0.05, 0.1) is 0 Å². The minimum absolute atomic E-state index is 0.142. The van der Waals surface area contributed by atoms with E-state index in [-0.39, 0.29) is 11.8 Å². The predicted molar refractivity (Wildman–Crippen MR) is 119 cm³/mol. The van der Waals surface area contributed by atoms with Gasteiger partial charge in [-0.25, -0.2) is 0 Å². The van der Waals surface area contributed by atoms with Crippen LogP contribution < -0.4 is 21.3 Å². The molecule has 2 aromatic carbocycles. The first-order chi connectivity index (χ1) is 14.5. The summed E-state index contributed by atoms with van der Waals surface area (Å²) in [5.41, 5.74) is 7.91. The molecule has 4 N–H and O–H groups in total. The Morgan fingerprint density at radius 2 is 1.87 bits per heavy atom. The maximum absolute atomic E-state index is 12.8. The van der Waals surface area contributed by atoms with E-state index in [9.17, 15) is 14.4 Å². The van der Waals surface area contributed by atoms with Crippen LogP contribution in [0, 0.1) is 0 Å². The van der Waals surface area contributed by atoms with Crippen LogP contribution in [-0.4, -0.2) is 30.3 Å². The van der Waals surface area contributed by atoms with Gasteiger partial charge in [-0.3, -0.25) is 14.4 Å². The molecule has 7 nitrogen and oxygen atoms in total. The molecule has 0 radical (unpaired) electrons. The maximum Gasteiger partial charge on any atom is 0.248 e. The predicted octanol–water partition coefficient (Wildman–Crippen LogP) is 3.52. The number of carbonyl (C=O) groups is 3. The molecule has 0 aliphatic carbocycles. The molecule has 158 valence electrons. The van der Waals surface area contributed by atoms with Gasteiger partial charge in [-0.1, -0.05) is 19.4 Å². The largest absolute Gasteiger partial charge is 0.374 e. The normalized spacial score (nSPS) is 14.8. The lowest BCUT2D eigenvalue weighted by Gasteiger charge is -2.27. The Labute approximate surface area is 176 Å². The number of anilines is 3. The number of nitrogens with two attached hydrogens (primary N) is 1. The SMILES string of the molecule is CCCC(Nc1cccc(C(N)=O)c1)C(=O)Nc1ccc(N2CCCCC2=O)cc1. The van der Waals surface area contributed by atoms with Crippen molar-refractivity contribution in [3.63, 3.8) is 0 Å². The highest BCUT2D eigenvalue weighted by Gasteiger charge is 2.20. The number of carbonyl (C=O) groups excluding carboxylic acids is 3.